The number of aliphatic hydroxyl groups is 2. The molecule has 328 valence electrons. The van der Waals surface area contributed by atoms with E-state index in [4.69, 9.17) is 17.2 Å². The van der Waals surface area contributed by atoms with E-state index in [1.165, 1.54) is 6.92 Å². The van der Waals surface area contributed by atoms with Crippen LogP contribution in [0.15, 0.2) is 4.99 Å². The molecule has 0 radical (unpaired) electrons. The molecule has 26 nitrogen and oxygen atoms in total. The van der Waals surface area contributed by atoms with E-state index in [-0.39, 0.29) is 44.7 Å². The number of rotatable bonds is 28. The summed E-state index contributed by atoms with van der Waals surface area (Å²) in [5, 5.41) is 63.1. The third-order valence-electron chi connectivity index (χ3n) is 8.09. The number of aliphatic carboxylic acids is 3. The van der Waals surface area contributed by atoms with Gasteiger partial charge in [-0.1, -0.05) is 20.3 Å². The van der Waals surface area contributed by atoms with Gasteiger partial charge in [0.15, 0.2) is 5.96 Å². The monoisotopic (exact) mass is 833 g/mol. The summed E-state index contributed by atoms with van der Waals surface area (Å²) < 4.78 is 0. The quantitative estimate of drug-likeness (QED) is 0.0198. The molecule has 0 aliphatic carbocycles. The summed E-state index contributed by atoms with van der Waals surface area (Å²) in [4.78, 5) is 128. The first-order valence-electron chi connectivity index (χ1n) is 17.9. The largest absolute Gasteiger partial charge is 0.481 e. The number of amides is 7. The molecule has 0 aromatic rings. The highest BCUT2D eigenvalue weighted by molar-refractivity contribution is 5.98. The molecule has 0 aromatic carbocycles. The molecule has 26 heteroatoms. The highest BCUT2D eigenvalue weighted by atomic mass is 16.4. The van der Waals surface area contributed by atoms with Crippen molar-refractivity contribution in [2.24, 2.45) is 28.1 Å². The van der Waals surface area contributed by atoms with Crippen LogP contribution in [0.4, 0.5) is 0 Å². The summed E-state index contributed by atoms with van der Waals surface area (Å²) in [5.41, 5.74) is 15.7. The van der Waals surface area contributed by atoms with Gasteiger partial charge in [-0.15, -0.1) is 0 Å². The van der Waals surface area contributed by atoms with Crippen molar-refractivity contribution in [3.8, 4) is 0 Å². The Bertz CT molecular complexity index is 1510. The lowest BCUT2D eigenvalue weighted by molar-refractivity contribution is -0.143. The van der Waals surface area contributed by atoms with Crippen molar-refractivity contribution in [2.45, 2.75) is 102 Å². The molecule has 8 atom stereocenters. The van der Waals surface area contributed by atoms with Gasteiger partial charge in [0.25, 0.3) is 0 Å². The molecule has 0 heterocycles. The van der Waals surface area contributed by atoms with Gasteiger partial charge in [0, 0.05) is 19.5 Å². The van der Waals surface area contributed by atoms with E-state index in [9.17, 15) is 73.5 Å². The zero-order chi connectivity index (χ0) is 44.7. The number of guanidine groups is 1. The van der Waals surface area contributed by atoms with Crippen LogP contribution in [-0.2, 0) is 47.9 Å². The van der Waals surface area contributed by atoms with Gasteiger partial charge in [0.1, 0.15) is 36.3 Å². The smallest absolute Gasteiger partial charge is 0.326 e. The lowest BCUT2D eigenvalue weighted by Crippen LogP contribution is -2.60. The normalized spacial score (nSPS) is 14.9. The number of nitrogens with two attached hydrogens (primary N) is 3. The predicted molar refractivity (Wildman–Crippen MR) is 199 cm³/mol. The lowest BCUT2D eigenvalue weighted by atomic mass is 9.97. The minimum Gasteiger partial charge on any atom is -0.481 e. The van der Waals surface area contributed by atoms with Crippen LogP contribution >= 0.6 is 0 Å². The van der Waals surface area contributed by atoms with Gasteiger partial charge in [0.2, 0.25) is 41.4 Å². The fourth-order valence-corrected chi connectivity index (χ4v) is 4.79. The number of hydrogen-bond acceptors (Lipinski definition) is 14. The van der Waals surface area contributed by atoms with E-state index in [2.05, 4.69) is 42.2 Å². The van der Waals surface area contributed by atoms with Crippen molar-refractivity contribution in [1.82, 2.24) is 37.2 Å². The van der Waals surface area contributed by atoms with Crippen molar-refractivity contribution >= 4 is 65.2 Å². The van der Waals surface area contributed by atoms with E-state index < -0.39 is 134 Å². The highest BCUT2D eigenvalue weighted by Gasteiger charge is 2.35. The van der Waals surface area contributed by atoms with Crippen molar-refractivity contribution in [2.75, 3.05) is 26.2 Å². The van der Waals surface area contributed by atoms with E-state index in [1.807, 2.05) is 0 Å². The van der Waals surface area contributed by atoms with Crippen LogP contribution in [0.3, 0.4) is 0 Å². The molecule has 0 aliphatic heterocycles. The molecular formula is C32H55N11O15. The summed E-state index contributed by atoms with van der Waals surface area (Å²) in [6.07, 6.45) is -3.62. The third-order valence-corrected chi connectivity index (χ3v) is 8.09. The Morgan fingerprint density at radius 3 is 1.66 bits per heavy atom. The number of aliphatic hydroxyl groups excluding tert-OH is 2. The molecule has 7 amide bonds. The lowest BCUT2D eigenvalue weighted by Gasteiger charge is -2.27. The average molecular weight is 834 g/mol. The number of carboxylic acids is 3. The van der Waals surface area contributed by atoms with Gasteiger partial charge in [-0.05, 0) is 25.7 Å². The Morgan fingerprint density at radius 1 is 0.655 bits per heavy atom. The number of nitrogens with zero attached hydrogens (tertiary/aromatic N) is 1. The van der Waals surface area contributed by atoms with Crippen LogP contribution in [0.25, 0.3) is 0 Å². The van der Waals surface area contributed by atoms with Crippen molar-refractivity contribution < 1.29 is 73.5 Å². The molecule has 0 saturated carbocycles. The van der Waals surface area contributed by atoms with Gasteiger partial charge in [-0.3, -0.25) is 48.1 Å². The molecule has 0 saturated heterocycles. The molecule has 0 aliphatic rings. The Hall–Kier alpha value is -6.15. The first-order valence-corrected chi connectivity index (χ1v) is 17.9. The highest BCUT2D eigenvalue weighted by Crippen LogP contribution is 2.10. The van der Waals surface area contributed by atoms with Gasteiger partial charge in [-0.2, -0.15) is 0 Å². The van der Waals surface area contributed by atoms with E-state index >= 15 is 0 Å². The summed E-state index contributed by atoms with van der Waals surface area (Å²) in [5.74, 6) is -13.0. The minimum absolute atomic E-state index is 0.0512. The summed E-state index contributed by atoms with van der Waals surface area (Å²) >= 11 is 0. The van der Waals surface area contributed by atoms with Crippen molar-refractivity contribution in [1.29, 1.82) is 0 Å². The summed E-state index contributed by atoms with van der Waals surface area (Å²) in [6.45, 7) is 2.26. The number of nitrogens with one attached hydrogen (secondary N) is 7. The van der Waals surface area contributed by atoms with E-state index in [0.717, 1.165) is 6.92 Å². The van der Waals surface area contributed by atoms with Gasteiger partial charge in [0.05, 0.1) is 32.1 Å². The van der Waals surface area contributed by atoms with E-state index in [0.29, 0.717) is 0 Å². The number of carbonyl (C=O) groups is 10. The fourth-order valence-electron chi connectivity index (χ4n) is 4.79. The van der Waals surface area contributed by atoms with Crippen LogP contribution in [-0.4, -0.2) is 159 Å². The number of carbonyl (C=O) groups excluding carboxylic acids is 7. The second-order valence-corrected chi connectivity index (χ2v) is 12.9. The molecular weight excluding hydrogens is 778 g/mol. The van der Waals surface area contributed by atoms with Crippen LogP contribution in [0.5, 0.6) is 0 Å². The van der Waals surface area contributed by atoms with Crippen LogP contribution in [0, 0.1) is 5.92 Å². The van der Waals surface area contributed by atoms with Crippen LogP contribution < -0.4 is 54.4 Å². The predicted octanol–water partition coefficient (Wildman–Crippen LogP) is -7.13. The maximum atomic E-state index is 13.3. The molecule has 58 heavy (non-hydrogen) atoms. The Kier molecular flexibility index (Phi) is 23.8. The van der Waals surface area contributed by atoms with Crippen LogP contribution in [0.1, 0.15) is 59.3 Å². The summed E-state index contributed by atoms with van der Waals surface area (Å²) in [6, 6.07) is -10.1. The van der Waals surface area contributed by atoms with E-state index in [1.54, 1.807) is 6.92 Å². The second-order valence-electron chi connectivity index (χ2n) is 12.9. The average Bonchev–Trinajstić information content (AvgIpc) is 3.13. The fraction of sp³-hybridized carbons (Fsp3) is 0.656. The molecule has 0 rings (SSSR count). The zero-order valence-corrected chi connectivity index (χ0v) is 32.2. The maximum Gasteiger partial charge on any atom is 0.326 e. The molecule has 0 unspecified atom stereocenters. The second kappa shape index (κ2) is 26.7. The number of aliphatic imine (C=N–C) groups is 1. The van der Waals surface area contributed by atoms with Gasteiger partial charge < -0.3 is 80.0 Å². The maximum absolute atomic E-state index is 13.3. The number of carboxylic acid groups (broad SMARTS) is 3. The van der Waals surface area contributed by atoms with Crippen molar-refractivity contribution in [3.63, 3.8) is 0 Å². The Balaban J connectivity index is 5.77. The summed E-state index contributed by atoms with van der Waals surface area (Å²) in [7, 11) is 0. The van der Waals surface area contributed by atoms with Gasteiger partial charge >= 0.3 is 17.9 Å². The molecule has 0 spiro atoms. The first kappa shape index (κ1) is 51.8. The third kappa shape index (κ3) is 20.1. The SMILES string of the molecule is CC[C@H](C)[C@H](NC(=O)[C@H](CC(=O)O)NC(=O)[C@H](CC(=O)O)NC(=O)CCN)C(=O)NCC(=O)N[C@H](C(=O)N[C@@H](CO)C(=O)N[C@@H](CCCN=C(N)N)C(=O)O)[C@@H](C)O. The van der Waals surface area contributed by atoms with Crippen molar-refractivity contribution in [3.05, 3.63) is 0 Å². The van der Waals surface area contributed by atoms with Crippen LogP contribution in [0.2, 0.25) is 0 Å². The molecule has 0 fully saturated rings. The minimum atomic E-state index is -1.88. The standard InChI is InChI=1S/C32H55N11O15/c1-4-14(2)24(43-27(53)18(11-23(50)51)40-26(52)17(10-22(48)49)38-20(46)7-8-33)29(55)37-12-21(47)42-25(15(3)45)30(56)41-19(13-44)28(54)39-16(31(57)58)6-5-9-36-32(34)35/h14-19,24-25,44-45H,4-13,33H2,1-3H3,(H,37,55)(H,38,46)(H,39,54)(H,40,52)(H,41,56)(H,42,47)(H,43,53)(H,48,49)(H,50,51)(H,57,58)(H4,34,35,36)/t14-,15+,16-,17-,18-,19-,24-,25-/m0/s1. The zero-order valence-electron chi connectivity index (χ0n) is 32.2. The van der Waals surface area contributed by atoms with Gasteiger partial charge in [-0.25, -0.2) is 4.79 Å². The molecule has 0 aromatic heterocycles. The Morgan fingerprint density at radius 2 is 1.17 bits per heavy atom. The topological polar surface area (TPSA) is 446 Å². The molecule has 18 N–H and O–H groups in total. The first-order chi connectivity index (χ1) is 27.1. The Labute approximate surface area is 331 Å². The number of hydrogen-bond donors (Lipinski definition) is 15. The molecule has 0 bridgehead atoms.